The Morgan fingerprint density at radius 1 is 1.41 bits per heavy atom. The smallest absolute Gasteiger partial charge is 0.141 e. The van der Waals surface area contributed by atoms with Crippen LogP contribution >= 0.6 is 0 Å². The lowest BCUT2D eigenvalue weighted by atomic mass is 9.75. The molecule has 94 valence electrons. The van der Waals surface area contributed by atoms with Crippen molar-refractivity contribution >= 4 is 0 Å². The average molecular weight is 239 g/mol. The number of hydrogen-bond donors (Lipinski definition) is 2. The molecule has 0 bridgehead atoms. The van der Waals surface area contributed by atoms with Crippen molar-refractivity contribution in [1.82, 2.24) is 4.98 Å². The first kappa shape index (κ1) is 12.5. The van der Waals surface area contributed by atoms with E-state index in [4.69, 9.17) is 0 Å². The van der Waals surface area contributed by atoms with Crippen molar-refractivity contribution in [2.24, 2.45) is 5.92 Å². The summed E-state index contributed by atoms with van der Waals surface area (Å²) < 4.78 is 13.0. The Balaban J connectivity index is 2.16. The summed E-state index contributed by atoms with van der Waals surface area (Å²) in [5, 5.41) is 20.6. The van der Waals surface area contributed by atoms with Crippen LogP contribution in [0.15, 0.2) is 18.5 Å². The van der Waals surface area contributed by atoms with Gasteiger partial charge in [-0.1, -0.05) is 6.92 Å². The standard InChI is InChI=1S/C13H18FNO2/c1-9-2-4-13(17,5-3-9)12(16)10-6-11(14)8-15-7-10/h6-9,12,16-17H,2-5H2,1H3. The predicted octanol–water partition coefficient (Wildman–Crippen LogP) is 2.20. The maximum atomic E-state index is 13.0. The van der Waals surface area contributed by atoms with Crippen molar-refractivity contribution in [2.45, 2.75) is 44.3 Å². The van der Waals surface area contributed by atoms with Gasteiger partial charge in [-0.2, -0.15) is 0 Å². The van der Waals surface area contributed by atoms with Crippen LogP contribution in [0.2, 0.25) is 0 Å². The second-order valence-electron chi connectivity index (χ2n) is 5.13. The van der Waals surface area contributed by atoms with E-state index in [1.165, 1.54) is 12.3 Å². The Morgan fingerprint density at radius 3 is 2.65 bits per heavy atom. The quantitative estimate of drug-likeness (QED) is 0.831. The molecule has 17 heavy (non-hydrogen) atoms. The van der Waals surface area contributed by atoms with E-state index in [0.717, 1.165) is 19.0 Å². The van der Waals surface area contributed by atoms with Crippen LogP contribution in [0.4, 0.5) is 4.39 Å². The van der Waals surface area contributed by atoms with E-state index in [1.807, 2.05) is 0 Å². The van der Waals surface area contributed by atoms with Gasteiger partial charge in [0.05, 0.1) is 11.8 Å². The molecule has 0 saturated heterocycles. The average Bonchev–Trinajstić information content (AvgIpc) is 2.32. The van der Waals surface area contributed by atoms with E-state index in [1.54, 1.807) is 0 Å². The molecule has 1 saturated carbocycles. The largest absolute Gasteiger partial charge is 0.387 e. The Labute approximate surface area is 100 Å². The number of nitrogens with zero attached hydrogens (tertiary/aromatic N) is 1. The summed E-state index contributed by atoms with van der Waals surface area (Å²) in [7, 11) is 0. The van der Waals surface area contributed by atoms with Crippen molar-refractivity contribution in [1.29, 1.82) is 0 Å². The van der Waals surface area contributed by atoms with Gasteiger partial charge in [-0.25, -0.2) is 4.39 Å². The van der Waals surface area contributed by atoms with E-state index in [0.29, 0.717) is 24.3 Å². The highest BCUT2D eigenvalue weighted by molar-refractivity contribution is 5.17. The summed E-state index contributed by atoms with van der Waals surface area (Å²) >= 11 is 0. The lowest BCUT2D eigenvalue weighted by Gasteiger charge is -2.38. The number of aliphatic hydroxyl groups excluding tert-OH is 1. The summed E-state index contributed by atoms with van der Waals surface area (Å²) in [4.78, 5) is 3.70. The zero-order valence-corrected chi connectivity index (χ0v) is 9.93. The third-order valence-corrected chi connectivity index (χ3v) is 3.69. The second-order valence-corrected chi connectivity index (χ2v) is 5.13. The van der Waals surface area contributed by atoms with Crippen LogP contribution < -0.4 is 0 Å². The van der Waals surface area contributed by atoms with Crippen LogP contribution in [-0.4, -0.2) is 20.8 Å². The van der Waals surface area contributed by atoms with Gasteiger partial charge in [-0.05, 0) is 37.7 Å². The molecule has 0 spiro atoms. The van der Waals surface area contributed by atoms with E-state index >= 15 is 0 Å². The summed E-state index contributed by atoms with van der Waals surface area (Å²) in [6, 6.07) is 1.23. The molecule has 1 unspecified atom stereocenters. The molecule has 4 heteroatoms. The molecule has 1 heterocycles. The van der Waals surface area contributed by atoms with Gasteiger partial charge in [0.2, 0.25) is 0 Å². The second kappa shape index (κ2) is 4.70. The predicted molar refractivity (Wildman–Crippen MR) is 61.7 cm³/mol. The van der Waals surface area contributed by atoms with E-state index in [9.17, 15) is 14.6 Å². The van der Waals surface area contributed by atoms with Gasteiger partial charge in [0, 0.05) is 11.8 Å². The molecule has 0 radical (unpaired) electrons. The fourth-order valence-electron chi connectivity index (χ4n) is 2.42. The molecule has 0 aliphatic heterocycles. The van der Waals surface area contributed by atoms with Gasteiger partial charge in [0.1, 0.15) is 11.9 Å². The van der Waals surface area contributed by atoms with Crippen molar-refractivity contribution in [3.8, 4) is 0 Å². The molecule has 1 aliphatic rings. The molecule has 2 rings (SSSR count). The van der Waals surface area contributed by atoms with Gasteiger partial charge in [0.15, 0.2) is 0 Å². The van der Waals surface area contributed by atoms with Crippen LogP contribution in [0.25, 0.3) is 0 Å². The summed E-state index contributed by atoms with van der Waals surface area (Å²) in [6.45, 7) is 2.13. The number of rotatable bonds is 2. The Bertz CT molecular complexity index is 389. The van der Waals surface area contributed by atoms with Crippen molar-refractivity contribution in [3.63, 3.8) is 0 Å². The first-order chi connectivity index (χ1) is 8.01. The van der Waals surface area contributed by atoms with Crippen LogP contribution in [0, 0.1) is 11.7 Å². The summed E-state index contributed by atoms with van der Waals surface area (Å²) in [5.74, 6) is 0.0856. The fourth-order valence-corrected chi connectivity index (χ4v) is 2.42. The fraction of sp³-hybridized carbons (Fsp3) is 0.615. The first-order valence-electron chi connectivity index (χ1n) is 6.02. The zero-order chi connectivity index (χ0) is 12.5. The van der Waals surface area contributed by atoms with Crippen LogP contribution in [0.1, 0.15) is 44.3 Å². The first-order valence-corrected chi connectivity index (χ1v) is 6.02. The number of hydrogen-bond acceptors (Lipinski definition) is 3. The lowest BCUT2D eigenvalue weighted by molar-refractivity contribution is -0.105. The third kappa shape index (κ3) is 2.64. The normalized spacial score (nSPS) is 31.2. The Kier molecular flexibility index (Phi) is 3.45. The number of halogens is 1. The summed E-state index contributed by atoms with van der Waals surface area (Å²) in [6.07, 6.45) is 4.30. The Hall–Kier alpha value is -1.00. The highest BCUT2D eigenvalue weighted by Crippen LogP contribution is 2.40. The molecule has 3 nitrogen and oxygen atoms in total. The molecular formula is C13H18FNO2. The topological polar surface area (TPSA) is 53.4 Å². The maximum Gasteiger partial charge on any atom is 0.141 e. The molecule has 1 aromatic rings. The molecular weight excluding hydrogens is 221 g/mol. The molecule has 1 fully saturated rings. The van der Waals surface area contributed by atoms with Gasteiger partial charge >= 0.3 is 0 Å². The zero-order valence-electron chi connectivity index (χ0n) is 9.93. The monoisotopic (exact) mass is 239 g/mol. The molecule has 0 amide bonds. The van der Waals surface area contributed by atoms with E-state index in [-0.39, 0.29) is 0 Å². The maximum absolute atomic E-state index is 13.0. The van der Waals surface area contributed by atoms with Crippen molar-refractivity contribution in [3.05, 3.63) is 29.8 Å². The molecule has 1 atom stereocenters. The summed E-state index contributed by atoms with van der Waals surface area (Å²) in [5.41, 5.74) is -0.788. The van der Waals surface area contributed by atoms with Crippen LogP contribution in [-0.2, 0) is 0 Å². The molecule has 2 N–H and O–H groups in total. The minimum Gasteiger partial charge on any atom is -0.387 e. The van der Waals surface area contributed by atoms with Gasteiger partial charge < -0.3 is 10.2 Å². The third-order valence-electron chi connectivity index (χ3n) is 3.69. The van der Waals surface area contributed by atoms with E-state index < -0.39 is 17.5 Å². The van der Waals surface area contributed by atoms with Gasteiger partial charge in [-0.3, -0.25) is 4.98 Å². The van der Waals surface area contributed by atoms with Crippen molar-refractivity contribution < 1.29 is 14.6 Å². The molecule has 1 aliphatic carbocycles. The Morgan fingerprint density at radius 2 is 2.06 bits per heavy atom. The number of aliphatic hydroxyl groups is 2. The lowest BCUT2D eigenvalue weighted by Crippen LogP contribution is -2.40. The van der Waals surface area contributed by atoms with Crippen LogP contribution in [0.3, 0.4) is 0 Å². The SMILES string of the molecule is CC1CCC(O)(C(O)c2cncc(F)c2)CC1. The minimum absolute atomic E-state index is 0.349. The highest BCUT2D eigenvalue weighted by Gasteiger charge is 2.39. The number of aromatic nitrogens is 1. The van der Waals surface area contributed by atoms with Gasteiger partial charge in [-0.15, -0.1) is 0 Å². The number of pyridine rings is 1. The molecule has 0 aromatic carbocycles. The molecule has 1 aromatic heterocycles. The van der Waals surface area contributed by atoms with Crippen LogP contribution in [0.5, 0.6) is 0 Å². The highest BCUT2D eigenvalue weighted by atomic mass is 19.1. The van der Waals surface area contributed by atoms with Crippen molar-refractivity contribution in [2.75, 3.05) is 0 Å². The minimum atomic E-state index is -1.14. The van der Waals surface area contributed by atoms with E-state index in [2.05, 4.69) is 11.9 Å². The van der Waals surface area contributed by atoms with Gasteiger partial charge in [0.25, 0.3) is 0 Å².